The summed E-state index contributed by atoms with van der Waals surface area (Å²) in [4.78, 5) is 50.5. The topological polar surface area (TPSA) is 140 Å². The van der Waals surface area contributed by atoms with Gasteiger partial charge in [0.1, 0.15) is 41.6 Å². The van der Waals surface area contributed by atoms with Crippen LogP contribution in [0, 0.1) is 23.0 Å². The number of amides is 3. The van der Waals surface area contributed by atoms with Crippen molar-refractivity contribution in [2.24, 2.45) is 0 Å². The quantitative estimate of drug-likeness (QED) is 0.374. The third-order valence-corrected chi connectivity index (χ3v) is 7.39. The van der Waals surface area contributed by atoms with Gasteiger partial charge in [-0.05, 0) is 24.3 Å². The average molecular weight is 633 g/mol. The van der Waals surface area contributed by atoms with Gasteiger partial charge in [0.2, 0.25) is 11.9 Å². The van der Waals surface area contributed by atoms with E-state index in [0.29, 0.717) is 11.0 Å². The zero-order valence-corrected chi connectivity index (χ0v) is 22.7. The van der Waals surface area contributed by atoms with E-state index < -0.39 is 90.4 Å². The molecule has 44 heavy (non-hydrogen) atoms. The van der Waals surface area contributed by atoms with Crippen molar-refractivity contribution in [3.8, 4) is 6.07 Å². The van der Waals surface area contributed by atoms with E-state index in [1.54, 1.807) is 6.07 Å². The number of hydrogen-bond acceptors (Lipinski definition) is 7. The van der Waals surface area contributed by atoms with Gasteiger partial charge in [0, 0.05) is 48.2 Å². The van der Waals surface area contributed by atoms with Crippen LogP contribution in [-0.2, 0) is 14.4 Å². The summed E-state index contributed by atoms with van der Waals surface area (Å²) in [5.74, 6) is -8.76. The molecule has 5 rings (SSSR count). The summed E-state index contributed by atoms with van der Waals surface area (Å²) in [6.07, 6.45) is -2.47. The highest BCUT2D eigenvalue weighted by molar-refractivity contribution is 6.31. The maximum absolute atomic E-state index is 14.5. The highest BCUT2D eigenvalue weighted by Gasteiger charge is 2.50. The minimum atomic E-state index is -3.00. The lowest BCUT2D eigenvalue weighted by Crippen LogP contribution is -2.56. The predicted molar refractivity (Wildman–Crippen MR) is 150 cm³/mol. The number of halogens is 5. The van der Waals surface area contributed by atoms with Crippen molar-refractivity contribution in [2.75, 3.05) is 9.80 Å². The number of carbonyl (C=O) groups is 3. The molecule has 3 aromatic rings. The first kappa shape index (κ1) is 32.3. The third-order valence-electron chi connectivity index (χ3n) is 7.04. The number of rotatable bonds is 7. The first-order valence-corrected chi connectivity index (χ1v) is 13.2. The molecule has 1 saturated heterocycles. The molecule has 0 unspecified atom stereocenters. The number of nitrogens with zero attached hydrogens (tertiary/aromatic N) is 5. The van der Waals surface area contributed by atoms with Crippen LogP contribution in [0.5, 0.6) is 0 Å². The van der Waals surface area contributed by atoms with Crippen molar-refractivity contribution < 1.29 is 37.1 Å². The van der Waals surface area contributed by atoms with E-state index in [1.165, 1.54) is 30.3 Å². The molecule has 10 nitrogen and oxygen atoms in total. The van der Waals surface area contributed by atoms with Crippen LogP contribution in [0.1, 0.15) is 44.0 Å². The van der Waals surface area contributed by atoms with Gasteiger partial charge in [0.05, 0.1) is 5.69 Å². The van der Waals surface area contributed by atoms with Gasteiger partial charge in [-0.1, -0.05) is 37.2 Å². The van der Waals surface area contributed by atoms with Crippen molar-refractivity contribution in [1.29, 1.82) is 5.26 Å². The molecule has 2 heterocycles. The summed E-state index contributed by atoms with van der Waals surface area (Å²) in [5, 5.41) is 22.1. The first-order chi connectivity index (χ1) is 20.4. The number of nitrogens with one attached hydrogen (secondary N) is 1. The van der Waals surface area contributed by atoms with E-state index >= 15 is 0 Å². The second-order valence-corrected chi connectivity index (χ2v) is 10.5. The molecule has 0 radical (unpaired) electrons. The van der Waals surface area contributed by atoms with Gasteiger partial charge in [-0.2, -0.15) is 5.26 Å². The van der Waals surface area contributed by atoms with Gasteiger partial charge < -0.3 is 10.4 Å². The number of carbonyl (C=O) groups excluding carboxylic acids is 3. The largest absolute Gasteiger partial charge is 0.383 e. The third kappa shape index (κ3) is 6.34. The summed E-state index contributed by atoms with van der Waals surface area (Å²) in [6.45, 7) is 0. The minimum Gasteiger partial charge on any atom is -0.383 e. The van der Waals surface area contributed by atoms with Crippen LogP contribution in [0.3, 0.4) is 0 Å². The minimum absolute atomic E-state index is 0. The van der Waals surface area contributed by atoms with E-state index in [1.807, 2.05) is 0 Å². The van der Waals surface area contributed by atoms with E-state index in [4.69, 9.17) is 11.6 Å². The number of anilines is 2. The smallest absolute Gasteiger partial charge is 0.259 e. The molecule has 230 valence electrons. The van der Waals surface area contributed by atoms with Gasteiger partial charge in [0.25, 0.3) is 17.7 Å². The zero-order valence-electron chi connectivity index (χ0n) is 21.9. The van der Waals surface area contributed by atoms with Crippen molar-refractivity contribution in [3.05, 3.63) is 82.6 Å². The molecule has 0 spiro atoms. The molecule has 1 aromatic heterocycles. The molecule has 2 N–H and O–H groups in total. The summed E-state index contributed by atoms with van der Waals surface area (Å²) < 4.78 is 56.3. The van der Waals surface area contributed by atoms with Gasteiger partial charge in [-0.25, -0.2) is 27.5 Å². The molecule has 2 aromatic carbocycles. The molecular weight excluding hydrogens is 608 g/mol. The van der Waals surface area contributed by atoms with Gasteiger partial charge in [-0.3, -0.25) is 24.2 Å². The Kier molecular flexibility index (Phi) is 9.22. The number of aromatic nitrogens is 2. The molecule has 1 saturated carbocycles. The maximum Gasteiger partial charge on any atom is 0.259 e. The van der Waals surface area contributed by atoms with Crippen LogP contribution in [0.15, 0.2) is 54.7 Å². The second-order valence-electron chi connectivity index (χ2n) is 10.1. The van der Waals surface area contributed by atoms with Crippen molar-refractivity contribution in [3.63, 3.8) is 0 Å². The molecule has 1 aliphatic carbocycles. The Morgan fingerprint density at radius 2 is 1.82 bits per heavy atom. The standard InChI is InChI=1S/C28H21ClF4N6O4.CH4/c29-20-4-2-1-3-19(20)23(24(41)36-17-11-28(32,33)12-17)38(18-8-14(30)7-15(31)9-18)25(42)21-10-22(40)26(43)39(21)27-35-6-5-16(13-34)37-27;/h1-9,17,21-23,40H,10-12H2,(H,36,41);1H4/t21-,22+,23-;/m0./s1. The fourth-order valence-electron chi connectivity index (χ4n) is 5.09. The van der Waals surface area contributed by atoms with E-state index in [0.717, 1.165) is 23.2 Å². The van der Waals surface area contributed by atoms with Crippen LogP contribution < -0.4 is 15.1 Å². The van der Waals surface area contributed by atoms with Gasteiger partial charge in [-0.15, -0.1) is 0 Å². The monoisotopic (exact) mass is 632 g/mol. The Morgan fingerprint density at radius 1 is 1.16 bits per heavy atom. The lowest BCUT2D eigenvalue weighted by Gasteiger charge is -2.39. The fraction of sp³-hybridized carbons (Fsp3) is 0.310. The van der Waals surface area contributed by atoms with Crippen molar-refractivity contribution >= 4 is 41.0 Å². The lowest BCUT2D eigenvalue weighted by molar-refractivity contribution is -0.133. The second kappa shape index (κ2) is 12.6. The molecule has 15 heteroatoms. The van der Waals surface area contributed by atoms with Crippen LogP contribution in [-0.4, -0.2) is 56.9 Å². The number of alkyl halides is 2. The average Bonchev–Trinajstić information content (AvgIpc) is 3.24. The summed E-state index contributed by atoms with van der Waals surface area (Å²) in [5.41, 5.74) is -0.660. The van der Waals surface area contributed by atoms with E-state index in [2.05, 4.69) is 15.3 Å². The highest BCUT2D eigenvalue weighted by atomic mass is 35.5. The molecule has 0 bridgehead atoms. The molecule has 2 aliphatic rings. The number of hydrogen-bond donors (Lipinski definition) is 2. The fourth-order valence-corrected chi connectivity index (χ4v) is 5.33. The van der Waals surface area contributed by atoms with Gasteiger partial charge in [0.15, 0.2) is 0 Å². The predicted octanol–water partition coefficient (Wildman–Crippen LogP) is 4.07. The highest BCUT2D eigenvalue weighted by Crippen LogP contribution is 2.40. The summed E-state index contributed by atoms with van der Waals surface area (Å²) >= 11 is 6.41. The molecule has 3 amide bonds. The molecule has 1 aliphatic heterocycles. The van der Waals surface area contributed by atoms with Crippen LogP contribution in [0.4, 0.5) is 29.2 Å². The Labute approximate surface area is 253 Å². The number of benzene rings is 2. The number of nitriles is 1. The Hall–Kier alpha value is -4.61. The van der Waals surface area contributed by atoms with Gasteiger partial charge >= 0.3 is 0 Å². The number of aliphatic hydroxyl groups is 1. The molecule has 2 fully saturated rings. The van der Waals surface area contributed by atoms with E-state index in [-0.39, 0.29) is 23.7 Å². The Bertz CT molecular complexity index is 1630. The maximum atomic E-state index is 14.5. The number of aliphatic hydroxyl groups excluding tert-OH is 1. The summed E-state index contributed by atoms with van der Waals surface area (Å²) in [7, 11) is 0. The van der Waals surface area contributed by atoms with E-state index in [9.17, 15) is 42.3 Å². The SMILES string of the molecule is C.N#Cc1ccnc(N2C(=O)[C@H](O)C[C@H]2C(=O)N(c2cc(F)cc(F)c2)[C@H](C(=O)NC2CC(F)(F)C2)c2ccccc2Cl)n1. The Balaban J connectivity index is 0.00000442. The van der Waals surface area contributed by atoms with Crippen LogP contribution >= 0.6 is 11.6 Å². The first-order valence-electron chi connectivity index (χ1n) is 12.8. The molecule has 3 atom stereocenters. The van der Waals surface area contributed by atoms with Crippen molar-refractivity contribution in [2.45, 2.75) is 56.8 Å². The lowest BCUT2D eigenvalue weighted by atomic mass is 9.87. The molecular formula is C29H25ClF4N6O4. The van der Waals surface area contributed by atoms with Crippen molar-refractivity contribution in [1.82, 2.24) is 15.3 Å². The van der Waals surface area contributed by atoms with Crippen LogP contribution in [0.2, 0.25) is 5.02 Å². The van der Waals surface area contributed by atoms with Crippen LogP contribution in [0.25, 0.3) is 0 Å². The summed E-state index contributed by atoms with van der Waals surface area (Å²) in [6, 6.07) is 6.43. The zero-order chi connectivity index (χ0) is 31.1. The normalized spacial score (nSPS) is 19.8. The Morgan fingerprint density at radius 3 is 2.43 bits per heavy atom.